The standard InChI is InChI=1S/C28H19F3N4O2/c29-28(30,31)20-14-21(16-24(15-20)37-23-12-7-13-32-17-23)33-27(36)25-18-35(22-10-5-2-6-11-22)34-26(25)19-8-3-1-4-9-19/h1-18H,(H,33,36). The Morgan fingerprint density at radius 3 is 2.27 bits per heavy atom. The van der Waals surface area contributed by atoms with Gasteiger partial charge in [-0.15, -0.1) is 0 Å². The summed E-state index contributed by atoms with van der Waals surface area (Å²) in [5.41, 5.74) is 0.956. The van der Waals surface area contributed by atoms with E-state index in [0.29, 0.717) is 11.3 Å². The van der Waals surface area contributed by atoms with Crippen LogP contribution in [0.15, 0.2) is 110 Å². The second-order valence-corrected chi connectivity index (χ2v) is 8.03. The lowest BCUT2D eigenvalue weighted by atomic mass is 10.1. The summed E-state index contributed by atoms with van der Waals surface area (Å²) in [7, 11) is 0. The number of carbonyl (C=O) groups is 1. The molecule has 2 aromatic heterocycles. The molecule has 1 amide bonds. The summed E-state index contributed by atoms with van der Waals surface area (Å²) in [6.07, 6.45) is -0.206. The summed E-state index contributed by atoms with van der Waals surface area (Å²) < 4.78 is 48.0. The molecule has 0 aliphatic carbocycles. The van der Waals surface area contributed by atoms with Crippen molar-refractivity contribution in [2.75, 3.05) is 5.32 Å². The smallest absolute Gasteiger partial charge is 0.416 e. The number of hydrogen-bond acceptors (Lipinski definition) is 4. The van der Waals surface area contributed by atoms with Crippen molar-refractivity contribution in [1.82, 2.24) is 14.8 Å². The fraction of sp³-hybridized carbons (Fsp3) is 0.0357. The molecule has 0 saturated heterocycles. The van der Waals surface area contributed by atoms with Gasteiger partial charge in [-0.3, -0.25) is 9.78 Å². The Balaban J connectivity index is 1.52. The molecule has 0 aliphatic heterocycles. The van der Waals surface area contributed by atoms with E-state index in [4.69, 9.17) is 4.74 Å². The van der Waals surface area contributed by atoms with Crippen molar-refractivity contribution in [2.24, 2.45) is 0 Å². The van der Waals surface area contributed by atoms with Crippen molar-refractivity contribution in [3.63, 3.8) is 0 Å². The first-order valence-electron chi connectivity index (χ1n) is 11.2. The third kappa shape index (κ3) is 5.51. The Morgan fingerprint density at radius 2 is 1.59 bits per heavy atom. The van der Waals surface area contributed by atoms with Crippen LogP contribution < -0.4 is 10.1 Å². The SMILES string of the molecule is O=C(Nc1cc(Oc2cccnc2)cc(C(F)(F)F)c1)c1cn(-c2ccccc2)nc1-c1ccccc1. The molecule has 3 aromatic carbocycles. The van der Waals surface area contributed by atoms with Gasteiger partial charge in [0, 0.05) is 29.7 Å². The van der Waals surface area contributed by atoms with Crippen LogP contribution in [0.3, 0.4) is 0 Å². The molecule has 5 aromatic rings. The number of benzene rings is 3. The van der Waals surface area contributed by atoms with Crippen LogP contribution in [-0.2, 0) is 6.18 Å². The van der Waals surface area contributed by atoms with Gasteiger partial charge in [-0.25, -0.2) is 4.68 Å². The molecule has 0 radical (unpaired) electrons. The molecular weight excluding hydrogens is 481 g/mol. The second-order valence-electron chi connectivity index (χ2n) is 8.03. The minimum atomic E-state index is -4.65. The number of rotatable bonds is 6. The molecule has 0 bridgehead atoms. The molecule has 37 heavy (non-hydrogen) atoms. The summed E-state index contributed by atoms with van der Waals surface area (Å²) in [4.78, 5) is 17.3. The first kappa shape index (κ1) is 23.8. The Morgan fingerprint density at radius 1 is 0.865 bits per heavy atom. The molecule has 0 aliphatic rings. The number of pyridine rings is 1. The van der Waals surface area contributed by atoms with Crippen LogP contribution in [0.5, 0.6) is 11.5 Å². The second kappa shape index (κ2) is 9.98. The van der Waals surface area contributed by atoms with E-state index in [2.05, 4.69) is 15.4 Å². The van der Waals surface area contributed by atoms with Gasteiger partial charge in [-0.1, -0.05) is 48.5 Å². The number of aromatic nitrogens is 3. The number of nitrogens with zero attached hydrogens (tertiary/aromatic N) is 3. The van der Waals surface area contributed by atoms with Crippen LogP contribution >= 0.6 is 0 Å². The quantitative estimate of drug-likeness (QED) is 0.273. The van der Waals surface area contributed by atoms with Crippen molar-refractivity contribution in [3.8, 4) is 28.4 Å². The fourth-order valence-electron chi connectivity index (χ4n) is 3.70. The van der Waals surface area contributed by atoms with E-state index >= 15 is 0 Å². The van der Waals surface area contributed by atoms with E-state index in [1.807, 2.05) is 48.5 Å². The van der Waals surface area contributed by atoms with Gasteiger partial charge in [0.15, 0.2) is 0 Å². The highest BCUT2D eigenvalue weighted by Crippen LogP contribution is 2.36. The molecule has 5 rings (SSSR count). The van der Waals surface area contributed by atoms with Crippen LogP contribution in [0, 0.1) is 0 Å². The van der Waals surface area contributed by atoms with E-state index in [1.54, 1.807) is 35.1 Å². The molecule has 184 valence electrons. The zero-order chi connectivity index (χ0) is 25.8. The number of halogens is 3. The highest BCUT2D eigenvalue weighted by molar-refractivity contribution is 6.08. The first-order chi connectivity index (χ1) is 17.9. The number of hydrogen-bond donors (Lipinski definition) is 1. The van der Waals surface area contributed by atoms with Crippen molar-refractivity contribution in [3.05, 3.63) is 121 Å². The summed E-state index contributed by atoms with van der Waals surface area (Å²) in [5, 5.41) is 7.17. The average molecular weight is 500 g/mol. The zero-order valence-electron chi connectivity index (χ0n) is 19.2. The number of amides is 1. The molecule has 0 saturated carbocycles. The Bertz CT molecular complexity index is 1520. The minimum absolute atomic E-state index is 0.0785. The van der Waals surface area contributed by atoms with Crippen LogP contribution in [0.25, 0.3) is 16.9 Å². The Kier molecular flexibility index (Phi) is 6.42. The van der Waals surface area contributed by atoms with Crippen LogP contribution in [0.1, 0.15) is 15.9 Å². The number of ether oxygens (including phenoxy) is 1. The number of alkyl halides is 3. The van der Waals surface area contributed by atoms with E-state index in [9.17, 15) is 18.0 Å². The predicted octanol–water partition coefficient (Wildman–Crippen LogP) is 7.00. The lowest BCUT2D eigenvalue weighted by Crippen LogP contribution is -2.14. The van der Waals surface area contributed by atoms with E-state index in [1.165, 1.54) is 18.5 Å². The summed E-state index contributed by atoms with van der Waals surface area (Å²) >= 11 is 0. The third-order valence-electron chi connectivity index (χ3n) is 5.39. The molecule has 2 heterocycles. The summed E-state index contributed by atoms with van der Waals surface area (Å²) in [6, 6.07) is 24.5. The molecular formula is C28H19F3N4O2. The van der Waals surface area contributed by atoms with Crippen molar-refractivity contribution in [2.45, 2.75) is 6.18 Å². The monoisotopic (exact) mass is 500 g/mol. The van der Waals surface area contributed by atoms with Crippen LogP contribution in [0.4, 0.5) is 18.9 Å². The number of para-hydroxylation sites is 1. The fourth-order valence-corrected chi connectivity index (χ4v) is 3.70. The van der Waals surface area contributed by atoms with Crippen molar-refractivity contribution >= 4 is 11.6 Å². The highest BCUT2D eigenvalue weighted by Gasteiger charge is 2.32. The van der Waals surface area contributed by atoms with Gasteiger partial charge in [-0.05, 0) is 36.4 Å². The van der Waals surface area contributed by atoms with Crippen LogP contribution in [-0.4, -0.2) is 20.7 Å². The molecule has 0 atom stereocenters. The van der Waals surface area contributed by atoms with Crippen LogP contribution in [0.2, 0.25) is 0 Å². The maximum Gasteiger partial charge on any atom is 0.416 e. The third-order valence-corrected chi connectivity index (χ3v) is 5.39. The summed E-state index contributed by atoms with van der Waals surface area (Å²) in [6.45, 7) is 0. The Hall–Kier alpha value is -4.92. The van der Waals surface area contributed by atoms with Crippen molar-refractivity contribution in [1.29, 1.82) is 0 Å². The molecule has 0 unspecified atom stereocenters. The molecule has 0 fully saturated rings. The first-order valence-corrected chi connectivity index (χ1v) is 11.2. The average Bonchev–Trinajstić information content (AvgIpc) is 3.36. The maximum atomic E-state index is 13.6. The molecule has 6 nitrogen and oxygen atoms in total. The van der Waals surface area contributed by atoms with Gasteiger partial charge in [0.1, 0.15) is 17.2 Å². The van der Waals surface area contributed by atoms with E-state index in [0.717, 1.165) is 17.8 Å². The van der Waals surface area contributed by atoms with Gasteiger partial charge >= 0.3 is 6.18 Å². The maximum absolute atomic E-state index is 13.6. The van der Waals surface area contributed by atoms with Gasteiger partial charge in [0.25, 0.3) is 5.91 Å². The van der Waals surface area contributed by atoms with Crippen molar-refractivity contribution < 1.29 is 22.7 Å². The highest BCUT2D eigenvalue weighted by atomic mass is 19.4. The molecule has 1 N–H and O–H groups in total. The lowest BCUT2D eigenvalue weighted by molar-refractivity contribution is -0.137. The number of nitrogens with one attached hydrogen (secondary N) is 1. The molecule has 0 spiro atoms. The number of anilines is 1. The summed E-state index contributed by atoms with van der Waals surface area (Å²) in [5.74, 6) is -0.455. The largest absolute Gasteiger partial charge is 0.456 e. The zero-order valence-corrected chi connectivity index (χ0v) is 19.2. The minimum Gasteiger partial charge on any atom is -0.456 e. The van der Waals surface area contributed by atoms with E-state index < -0.39 is 17.6 Å². The predicted molar refractivity (Wildman–Crippen MR) is 133 cm³/mol. The lowest BCUT2D eigenvalue weighted by Gasteiger charge is -2.14. The van der Waals surface area contributed by atoms with Gasteiger partial charge in [-0.2, -0.15) is 18.3 Å². The number of carbonyl (C=O) groups excluding carboxylic acids is 1. The normalized spacial score (nSPS) is 11.2. The topological polar surface area (TPSA) is 69.0 Å². The molecule has 9 heteroatoms. The van der Waals surface area contributed by atoms with Gasteiger partial charge in [0.2, 0.25) is 0 Å². The van der Waals surface area contributed by atoms with E-state index in [-0.39, 0.29) is 22.7 Å². The van der Waals surface area contributed by atoms with Gasteiger partial charge in [0.05, 0.1) is 23.0 Å². The Labute approximate surface area is 210 Å². The van der Waals surface area contributed by atoms with Gasteiger partial charge < -0.3 is 10.1 Å².